The van der Waals surface area contributed by atoms with E-state index in [9.17, 15) is 25.2 Å². The third-order valence-corrected chi connectivity index (χ3v) is 7.47. The highest BCUT2D eigenvalue weighted by Crippen LogP contribution is 2.62. The van der Waals surface area contributed by atoms with Gasteiger partial charge in [-0.15, -0.1) is 0 Å². The zero-order valence-electron chi connectivity index (χ0n) is 15.7. The minimum Gasteiger partial charge on any atom is -0.392 e. The Balaban J connectivity index is 2.09. The van der Waals surface area contributed by atoms with Gasteiger partial charge in [-0.3, -0.25) is 4.79 Å². The Labute approximate surface area is 149 Å². The van der Waals surface area contributed by atoms with Gasteiger partial charge in [0.25, 0.3) is 0 Å². The Morgan fingerprint density at radius 2 is 1.76 bits per heavy atom. The molecule has 2 bridgehead atoms. The first-order valence-corrected chi connectivity index (χ1v) is 9.41. The van der Waals surface area contributed by atoms with E-state index in [4.69, 9.17) is 0 Å². The fourth-order valence-corrected chi connectivity index (χ4v) is 5.87. The molecule has 0 heterocycles. The second-order valence-corrected chi connectivity index (χ2v) is 9.45. The van der Waals surface area contributed by atoms with Gasteiger partial charge in [-0.05, 0) is 51.9 Å². The van der Waals surface area contributed by atoms with Gasteiger partial charge in [0.05, 0.1) is 23.2 Å². The number of carbonyl (C=O) groups is 1. The molecule has 3 rings (SSSR count). The fourth-order valence-electron chi connectivity index (χ4n) is 5.87. The van der Waals surface area contributed by atoms with Crippen LogP contribution >= 0.6 is 0 Å². The third kappa shape index (κ3) is 2.71. The molecule has 0 aromatic carbocycles. The first kappa shape index (κ1) is 19.0. The Kier molecular flexibility index (Phi) is 4.47. The van der Waals surface area contributed by atoms with Gasteiger partial charge in [0.2, 0.25) is 0 Å². The number of fused-ring (bicyclic) bond motifs is 1. The molecule has 7 unspecified atom stereocenters. The largest absolute Gasteiger partial charge is 0.392 e. The monoisotopic (exact) mass is 352 g/mol. The van der Waals surface area contributed by atoms with Gasteiger partial charge in [-0.25, -0.2) is 0 Å². The first-order chi connectivity index (χ1) is 11.4. The van der Waals surface area contributed by atoms with Crippen LogP contribution in [0.4, 0.5) is 0 Å². The van der Waals surface area contributed by atoms with Gasteiger partial charge in [0, 0.05) is 11.3 Å². The highest BCUT2D eigenvalue weighted by molar-refractivity contribution is 5.88. The van der Waals surface area contributed by atoms with Crippen LogP contribution in [0.25, 0.3) is 0 Å². The van der Waals surface area contributed by atoms with Crippen LogP contribution in [-0.4, -0.2) is 50.1 Å². The number of Topliss-reactive ketones (excluding diaryl/α,β-unsaturated/α-hetero) is 1. The summed E-state index contributed by atoms with van der Waals surface area (Å²) in [6, 6.07) is 0. The number of hydrogen-bond donors (Lipinski definition) is 4. The average molecular weight is 352 g/mol. The van der Waals surface area contributed by atoms with Crippen molar-refractivity contribution < 1.29 is 25.2 Å². The van der Waals surface area contributed by atoms with E-state index >= 15 is 0 Å². The normalized spacial score (nSPS) is 50.2. The molecule has 3 aliphatic rings. The van der Waals surface area contributed by atoms with Crippen LogP contribution in [0.1, 0.15) is 59.8 Å². The maximum atomic E-state index is 12.8. The lowest BCUT2D eigenvalue weighted by Crippen LogP contribution is -2.51. The molecule has 2 saturated carbocycles. The molecule has 0 aromatic heterocycles. The third-order valence-electron chi connectivity index (χ3n) is 7.47. The molecule has 0 radical (unpaired) electrons. The van der Waals surface area contributed by atoms with Crippen molar-refractivity contribution in [3.8, 4) is 0 Å². The van der Waals surface area contributed by atoms with Crippen molar-refractivity contribution in [1.82, 2.24) is 0 Å². The van der Waals surface area contributed by atoms with Gasteiger partial charge in [-0.2, -0.15) is 0 Å². The Morgan fingerprint density at radius 1 is 1.12 bits per heavy atom. The Morgan fingerprint density at radius 3 is 2.40 bits per heavy atom. The number of rotatable bonds is 0. The number of carbonyl (C=O) groups excluding carboxylic acids is 1. The van der Waals surface area contributed by atoms with E-state index in [0.717, 1.165) is 18.4 Å². The number of allylic oxidation sites excluding steroid dienone is 1. The lowest BCUT2D eigenvalue weighted by atomic mass is 9.59. The minimum atomic E-state index is -1.25. The highest BCUT2D eigenvalue weighted by Gasteiger charge is 2.64. The molecule has 0 saturated heterocycles. The number of aliphatic hydroxyl groups is 4. The van der Waals surface area contributed by atoms with Crippen LogP contribution in [-0.2, 0) is 4.79 Å². The molecular weight excluding hydrogens is 320 g/mol. The number of aliphatic hydroxyl groups excluding tert-OH is 3. The van der Waals surface area contributed by atoms with Gasteiger partial charge in [0.15, 0.2) is 5.78 Å². The van der Waals surface area contributed by atoms with Gasteiger partial charge < -0.3 is 20.4 Å². The van der Waals surface area contributed by atoms with E-state index in [2.05, 4.69) is 0 Å². The molecule has 0 aliphatic heterocycles. The summed E-state index contributed by atoms with van der Waals surface area (Å²) in [5.41, 5.74) is -1.66. The van der Waals surface area contributed by atoms with E-state index in [1.807, 2.05) is 13.0 Å². The molecule has 5 heteroatoms. The zero-order chi connectivity index (χ0) is 18.8. The number of ketones is 1. The van der Waals surface area contributed by atoms with Crippen molar-refractivity contribution in [3.63, 3.8) is 0 Å². The van der Waals surface area contributed by atoms with Gasteiger partial charge in [-0.1, -0.05) is 25.5 Å². The molecule has 5 nitrogen and oxygen atoms in total. The zero-order valence-corrected chi connectivity index (χ0v) is 15.7. The molecule has 142 valence electrons. The minimum absolute atomic E-state index is 0.00332. The van der Waals surface area contributed by atoms with E-state index < -0.39 is 34.7 Å². The van der Waals surface area contributed by atoms with Gasteiger partial charge >= 0.3 is 0 Å². The second kappa shape index (κ2) is 5.88. The molecule has 2 fully saturated rings. The second-order valence-electron chi connectivity index (χ2n) is 9.45. The lowest BCUT2D eigenvalue weighted by molar-refractivity contribution is -0.147. The molecule has 1 spiro atoms. The van der Waals surface area contributed by atoms with Crippen LogP contribution in [0.5, 0.6) is 0 Å². The van der Waals surface area contributed by atoms with Crippen LogP contribution in [0.15, 0.2) is 11.6 Å². The summed E-state index contributed by atoms with van der Waals surface area (Å²) in [4.78, 5) is 12.8. The smallest absolute Gasteiger partial charge is 0.169 e. The molecule has 0 aromatic rings. The van der Waals surface area contributed by atoms with E-state index in [1.165, 1.54) is 0 Å². The Hall–Kier alpha value is -0.750. The maximum absolute atomic E-state index is 12.8. The summed E-state index contributed by atoms with van der Waals surface area (Å²) in [6.07, 6.45) is 1.54. The van der Waals surface area contributed by atoms with Crippen molar-refractivity contribution >= 4 is 5.78 Å². The summed E-state index contributed by atoms with van der Waals surface area (Å²) in [5.74, 6) is -0.606. The van der Waals surface area contributed by atoms with E-state index in [1.54, 1.807) is 20.8 Å². The highest BCUT2D eigenvalue weighted by atomic mass is 16.3. The molecule has 3 aliphatic carbocycles. The van der Waals surface area contributed by atoms with Crippen molar-refractivity contribution in [2.45, 2.75) is 83.7 Å². The summed E-state index contributed by atoms with van der Waals surface area (Å²) in [5, 5.41) is 43.1. The molecule has 0 amide bonds. The summed E-state index contributed by atoms with van der Waals surface area (Å²) < 4.78 is 0. The van der Waals surface area contributed by atoms with Crippen molar-refractivity contribution in [1.29, 1.82) is 0 Å². The summed E-state index contributed by atoms with van der Waals surface area (Å²) in [6.45, 7) is 7.09. The maximum Gasteiger partial charge on any atom is 0.169 e. The summed E-state index contributed by atoms with van der Waals surface area (Å²) in [7, 11) is 0. The topological polar surface area (TPSA) is 98.0 Å². The van der Waals surface area contributed by atoms with Crippen molar-refractivity contribution in [3.05, 3.63) is 11.6 Å². The van der Waals surface area contributed by atoms with Crippen LogP contribution < -0.4 is 0 Å². The Bertz CT molecular complexity index is 593. The SMILES string of the molecule is CC1=CCC(O)C(C)(C)C(=O)C(O)CC23CC(C)(O)C(CCC12)C3O. The number of hydrogen-bond acceptors (Lipinski definition) is 5. The fraction of sp³-hybridized carbons (Fsp3) is 0.850. The quantitative estimate of drug-likeness (QED) is 0.496. The standard InChI is InChI=1S/C20H32O5/c1-11-5-8-15(22)18(2,3)17(24)14(21)9-20-10-19(4,25)13(16(20)23)7-6-12(11)20/h5,12-16,21-23,25H,6-10H2,1-4H3. The molecule has 4 N–H and O–H groups in total. The molecule has 7 atom stereocenters. The van der Waals surface area contributed by atoms with Crippen molar-refractivity contribution in [2.24, 2.45) is 22.7 Å². The van der Waals surface area contributed by atoms with E-state index in [-0.39, 0.29) is 24.0 Å². The van der Waals surface area contributed by atoms with Crippen LogP contribution in [0.2, 0.25) is 0 Å². The van der Waals surface area contributed by atoms with Gasteiger partial charge in [0.1, 0.15) is 6.10 Å². The predicted molar refractivity (Wildman–Crippen MR) is 93.7 cm³/mol. The predicted octanol–water partition coefficient (Wildman–Crippen LogP) is 1.57. The first-order valence-electron chi connectivity index (χ1n) is 9.41. The lowest BCUT2D eigenvalue weighted by Gasteiger charge is -2.47. The van der Waals surface area contributed by atoms with Crippen LogP contribution in [0, 0.1) is 22.7 Å². The van der Waals surface area contributed by atoms with Crippen molar-refractivity contribution in [2.75, 3.05) is 0 Å². The summed E-state index contributed by atoms with van der Waals surface area (Å²) >= 11 is 0. The molecular formula is C20H32O5. The average Bonchev–Trinajstić information content (AvgIpc) is 2.63. The van der Waals surface area contributed by atoms with E-state index in [0.29, 0.717) is 12.8 Å². The van der Waals surface area contributed by atoms with Crippen LogP contribution in [0.3, 0.4) is 0 Å². The molecule has 25 heavy (non-hydrogen) atoms.